The van der Waals surface area contributed by atoms with Crippen molar-refractivity contribution in [1.29, 1.82) is 0 Å². The summed E-state index contributed by atoms with van der Waals surface area (Å²) in [6, 6.07) is 3.40. The van der Waals surface area contributed by atoms with E-state index in [1.54, 1.807) is 23.0 Å². The zero-order chi connectivity index (χ0) is 17.3. The van der Waals surface area contributed by atoms with Crippen LogP contribution in [-0.2, 0) is 6.54 Å². The Morgan fingerprint density at radius 3 is 2.67 bits per heavy atom. The first-order valence-corrected chi connectivity index (χ1v) is 8.82. The maximum absolute atomic E-state index is 12.4. The number of nitrogens with zero attached hydrogens (tertiary/aromatic N) is 3. The highest BCUT2D eigenvalue weighted by molar-refractivity contribution is 9.10. The van der Waals surface area contributed by atoms with Crippen molar-refractivity contribution in [1.82, 2.24) is 14.5 Å². The summed E-state index contributed by atoms with van der Waals surface area (Å²) < 4.78 is 7.58. The topological polar surface area (TPSA) is 68.3 Å². The van der Waals surface area contributed by atoms with Gasteiger partial charge in [-0.25, -0.2) is 4.98 Å². The van der Waals surface area contributed by atoms with Gasteiger partial charge in [0.1, 0.15) is 0 Å². The third kappa shape index (κ3) is 3.45. The summed E-state index contributed by atoms with van der Waals surface area (Å²) in [5, 5.41) is 0. The van der Waals surface area contributed by atoms with Crippen LogP contribution in [0, 0.1) is 19.8 Å². The van der Waals surface area contributed by atoms with Crippen LogP contribution < -0.4 is 5.56 Å². The average Bonchev–Trinajstić information content (AvgIpc) is 3.02. The maximum Gasteiger partial charge on any atom is 0.289 e. The highest BCUT2D eigenvalue weighted by Gasteiger charge is 2.25. The van der Waals surface area contributed by atoms with Gasteiger partial charge in [-0.1, -0.05) is 0 Å². The molecule has 0 unspecified atom stereocenters. The van der Waals surface area contributed by atoms with Gasteiger partial charge in [-0.15, -0.1) is 0 Å². The molecular formula is C17H20BrN3O3. The van der Waals surface area contributed by atoms with E-state index in [2.05, 4.69) is 20.9 Å². The first-order chi connectivity index (χ1) is 11.5. The van der Waals surface area contributed by atoms with E-state index in [-0.39, 0.29) is 11.5 Å². The van der Waals surface area contributed by atoms with Crippen LogP contribution in [0.5, 0.6) is 0 Å². The van der Waals surface area contributed by atoms with Crippen LogP contribution in [0.3, 0.4) is 0 Å². The Hall–Kier alpha value is -1.89. The Balaban J connectivity index is 1.60. The fourth-order valence-corrected chi connectivity index (χ4v) is 3.29. The lowest BCUT2D eigenvalue weighted by Gasteiger charge is -2.31. The van der Waals surface area contributed by atoms with Crippen molar-refractivity contribution in [2.24, 2.45) is 5.92 Å². The van der Waals surface area contributed by atoms with Gasteiger partial charge in [0.2, 0.25) is 0 Å². The molecule has 0 saturated carbocycles. The van der Waals surface area contributed by atoms with E-state index < -0.39 is 0 Å². The van der Waals surface area contributed by atoms with Gasteiger partial charge in [0.05, 0.1) is 6.33 Å². The molecular weight excluding hydrogens is 374 g/mol. The van der Waals surface area contributed by atoms with Crippen LogP contribution >= 0.6 is 15.9 Å². The predicted molar refractivity (Wildman–Crippen MR) is 93.0 cm³/mol. The zero-order valence-corrected chi connectivity index (χ0v) is 15.4. The van der Waals surface area contributed by atoms with Gasteiger partial charge in [0.15, 0.2) is 10.4 Å². The number of carbonyl (C=O) groups is 1. The van der Waals surface area contributed by atoms with E-state index in [1.165, 1.54) is 0 Å². The molecule has 2 aromatic heterocycles. The predicted octanol–water partition coefficient (Wildman–Crippen LogP) is 2.77. The smallest absolute Gasteiger partial charge is 0.289 e. The summed E-state index contributed by atoms with van der Waals surface area (Å²) in [6.07, 6.45) is 3.36. The van der Waals surface area contributed by atoms with E-state index in [4.69, 9.17) is 4.42 Å². The second-order valence-electron chi connectivity index (χ2n) is 6.25. The lowest BCUT2D eigenvalue weighted by atomic mass is 9.96. The molecule has 0 radical (unpaired) electrons. The van der Waals surface area contributed by atoms with Gasteiger partial charge in [-0.2, -0.15) is 0 Å². The Morgan fingerprint density at radius 1 is 1.33 bits per heavy atom. The fourth-order valence-electron chi connectivity index (χ4n) is 2.99. The number of halogens is 1. The number of aryl methyl sites for hydroxylation is 1. The summed E-state index contributed by atoms with van der Waals surface area (Å²) in [6.45, 7) is 5.66. The van der Waals surface area contributed by atoms with Gasteiger partial charge in [-0.3, -0.25) is 14.2 Å². The first-order valence-electron chi connectivity index (χ1n) is 8.03. The van der Waals surface area contributed by atoms with Crippen LogP contribution in [0.15, 0.2) is 32.3 Å². The third-order valence-corrected chi connectivity index (χ3v) is 5.08. The molecule has 0 N–H and O–H groups in total. The minimum atomic E-state index is -0.0795. The largest absolute Gasteiger partial charge is 0.444 e. The molecule has 1 aliphatic rings. The Kier molecular flexibility index (Phi) is 4.89. The summed E-state index contributed by atoms with van der Waals surface area (Å²) in [5.74, 6) is 0.651. The summed E-state index contributed by atoms with van der Waals surface area (Å²) in [5.41, 5.74) is 1.51. The molecule has 7 heteroatoms. The van der Waals surface area contributed by atoms with Crippen LogP contribution in [0.25, 0.3) is 0 Å². The molecule has 0 bridgehead atoms. The lowest BCUT2D eigenvalue weighted by Crippen LogP contribution is -2.40. The fraction of sp³-hybridized carbons (Fsp3) is 0.471. The van der Waals surface area contributed by atoms with Crippen LogP contribution in [0.1, 0.15) is 34.7 Å². The molecule has 0 aromatic carbocycles. The van der Waals surface area contributed by atoms with Gasteiger partial charge in [0.25, 0.3) is 11.5 Å². The van der Waals surface area contributed by atoms with Crippen molar-refractivity contribution < 1.29 is 9.21 Å². The van der Waals surface area contributed by atoms with Crippen LogP contribution in [0.2, 0.25) is 0 Å². The van der Waals surface area contributed by atoms with Gasteiger partial charge in [-0.05, 0) is 60.7 Å². The van der Waals surface area contributed by atoms with Gasteiger partial charge in [0, 0.05) is 30.9 Å². The Morgan fingerprint density at radius 2 is 2.04 bits per heavy atom. The van der Waals surface area contributed by atoms with Crippen molar-refractivity contribution in [3.63, 3.8) is 0 Å². The second-order valence-corrected chi connectivity index (χ2v) is 7.03. The molecule has 1 amide bonds. The molecule has 1 fully saturated rings. The molecule has 0 aliphatic carbocycles. The van der Waals surface area contributed by atoms with Crippen LogP contribution in [0.4, 0.5) is 0 Å². The molecule has 3 rings (SSSR count). The van der Waals surface area contributed by atoms with E-state index in [9.17, 15) is 9.59 Å². The van der Waals surface area contributed by atoms with Crippen molar-refractivity contribution in [3.05, 3.63) is 50.5 Å². The number of furan rings is 1. The van der Waals surface area contributed by atoms with Crippen molar-refractivity contribution in [2.45, 2.75) is 33.2 Å². The summed E-state index contributed by atoms with van der Waals surface area (Å²) in [7, 11) is 0. The van der Waals surface area contributed by atoms with E-state index in [1.807, 2.05) is 18.7 Å². The monoisotopic (exact) mass is 393 g/mol. The van der Waals surface area contributed by atoms with Crippen molar-refractivity contribution in [2.75, 3.05) is 13.1 Å². The molecule has 128 valence electrons. The number of hydrogen-bond acceptors (Lipinski definition) is 4. The molecule has 24 heavy (non-hydrogen) atoms. The maximum atomic E-state index is 12.4. The number of amides is 1. The number of aromatic nitrogens is 2. The Bertz CT molecular complexity index is 804. The molecule has 2 aromatic rings. The second kappa shape index (κ2) is 6.93. The molecule has 6 nitrogen and oxygen atoms in total. The molecule has 1 aliphatic heterocycles. The standard InChI is InChI=1S/C17H20BrN3O3/c1-11-12(2)19-10-21(16(11)22)9-13-5-7-20(8-6-13)17(23)14-3-4-15(18)24-14/h3-4,10,13H,5-9H2,1-2H3. The van der Waals surface area contributed by atoms with Gasteiger partial charge >= 0.3 is 0 Å². The number of rotatable bonds is 3. The number of piperidine rings is 1. The number of likely N-dealkylation sites (tertiary alicyclic amines) is 1. The van der Waals surface area contributed by atoms with E-state index in [0.717, 1.165) is 18.5 Å². The minimum absolute atomic E-state index is 0.0291. The molecule has 3 heterocycles. The summed E-state index contributed by atoms with van der Waals surface area (Å²) in [4.78, 5) is 30.7. The van der Waals surface area contributed by atoms with Crippen molar-refractivity contribution >= 4 is 21.8 Å². The van der Waals surface area contributed by atoms with E-state index in [0.29, 0.717) is 41.5 Å². The molecule has 0 spiro atoms. The molecule has 1 saturated heterocycles. The van der Waals surface area contributed by atoms with E-state index >= 15 is 0 Å². The number of carbonyl (C=O) groups excluding carboxylic acids is 1. The average molecular weight is 394 g/mol. The Labute approximate surface area is 148 Å². The number of hydrogen-bond donors (Lipinski definition) is 0. The highest BCUT2D eigenvalue weighted by Crippen LogP contribution is 2.22. The third-order valence-electron chi connectivity index (χ3n) is 4.66. The van der Waals surface area contributed by atoms with Gasteiger partial charge < -0.3 is 9.32 Å². The van der Waals surface area contributed by atoms with Crippen molar-refractivity contribution in [3.8, 4) is 0 Å². The highest BCUT2D eigenvalue weighted by atomic mass is 79.9. The minimum Gasteiger partial charge on any atom is -0.444 e. The normalized spacial score (nSPS) is 15.7. The lowest BCUT2D eigenvalue weighted by molar-refractivity contribution is 0.0649. The van der Waals surface area contributed by atoms with Crippen LogP contribution in [-0.4, -0.2) is 33.4 Å². The zero-order valence-electron chi connectivity index (χ0n) is 13.8. The quantitative estimate of drug-likeness (QED) is 0.803. The molecule has 0 atom stereocenters. The SMILES string of the molecule is Cc1ncn(CC2CCN(C(=O)c3ccc(Br)o3)CC2)c(=O)c1C. The first kappa shape index (κ1) is 17.0. The summed E-state index contributed by atoms with van der Waals surface area (Å²) >= 11 is 3.21.